The first-order chi connectivity index (χ1) is 13.0. The van der Waals surface area contributed by atoms with Crippen molar-refractivity contribution >= 4 is 17.6 Å². The fourth-order valence-corrected chi connectivity index (χ4v) is 3.59. The monoisotopic (exact) mass is 397 g/mol. The predicted molar refractivity (Wildman–Crippen MR) is 103 cm³/mol. The standard InChI is InChI=1S/C19H25F2N3O2S/c1-13-10-24(11-14(2)25-13)18-6-3-15(8-23-18)7-22-9-16-4-5-17(26-16)12-27-19(20)21/h3-6,8,13-14,19,22H,7,9-12H2,1-2H3. The molecule has 1 aliphatic rings. The van der Waals surface area contributed by atoms with Crippen LogP contribution in [0.3, 0.4) is 0 Å². The van der Waals surface area contributed by atoms with Gasteiger partial charge in [0.15, 0.2) is 0 Å². The zero-order valence-corrected chi connectivity index (χ0v) is 16.3. The molecule has 0 amide bonds. The fourth-order valence-electron chi connectivity index (χ4n) is 3.14. The van der Waals surface area contributed by atoms with Crippen molar-refractivity contribution in [2.75, 3.05) is 18.0 Å². The molecule has 8 heteroatoms. The summed E-state index contributed by atoms with van der Waals surface area (Å²) in [5.41, 5.74) is 1.08. The quantitative estimate of drug-likeness (QED) is 0.726. The first-order valence-electron chi connectivity index (χ1n) is 9.03. The van der Waals surface area contributed by atoms with Gasteiger partial charge in [-0.1, -0.05) is 17.8 Å². The van der Waals surface area contributed by atoms with Crippen LogP contribution in [0.25, 0.3) is 0 Å². The highest BCUT2D eigenvalue weighted by molar-refractivity contribution is 7.98. The average molecular weight is 397 g/mol. The lowest BCUT2D eigenvalue weighted by Gasteiger charge is -2.36. The highest BCUT2D eigenvalue weighted by atomic mass is 32.2. The summed E-state index contributed by atoms with van der Waals surface area (Å²) < 4.78 is 35.7. The number of hydrogen-bond donors (Lipinski definition) is 1. The Kier molecular flexibility index (Phi) is 7.09. The summed E-state index contributed by atoms with van der Waals surface area (Å²) in [5.74, 6) is 0.0729. The normalized spacial score (nSPS) is 20.4. The SMILES string of the molecule is CC1CN(c2ccc(CNCc3ccc(CSC(F)F)o3)cn2)CC(C)O1. The van der Waals surface area contributed by atoms with Crippen LogP contribution in [0.5, 0.6) is 0 Å². The number of thioether (sulfide) groups is 1. The van der Waals surface area contributed by atoms with E-state index in [0.29, 0.717) is 30.6 Å². The molecule has 1 N–H and O–H groups in total. The number of furan rings is 1. The second-order valence-electron chi connectivity index (χ2n) is 6.73. The maximum atomic E-state index is 12.2. The molecule has 5 nitrogen and oxygen atoms in total. The number of nitrogens with zero attached hydrogens (tertiary/aromatic N) is 2. The van der Waals surface area contributed by atoms with Gasteiger partial charge in [0, 0.05) is 25.8 Å². The molecule has 1 aliphatic heterocycles. The summed E-state index contributed by atoms with van der Waals surface area (Å²) in [4.78, 5) is 6.82. The molecule has 2 unspecified atom stereocenters. The second kappa shape index (κ2) is 9.52. The van der Waals surface area contributed by atoms with Crippen molar-refractivity contribution in [1.82, 2.24) is 10.3 Å². The second-order valence-corrected chi connectivity index (χ2v) is 7.71. The Bertz CT molecular complexity index is 701. The van der Waals surface area contributed by atoms with Gasteiger partial charge < -0.3 is 19.4 Å². The van der Waals surface area contributed by atoms with Crippen LogP contribution in [0.4, 0.5) is 14.6 Å². The summed E-state index contributed by atoms with van der Waals surface area (Å²) in [6, 6.07) is 7.66. The first kappa shape index (κ1) is 20.1. The number of halogens is 2. The van der Waals surface area contributed by atoms with Crippen LogP contribution in [0, 0.1) is 0 Å². The number of anilines is 1. The van der Waals surface area contributed by atoms with Crippen LogP contribution in [0.2, 0.25) is 0 Å². The number of ether oxygens (including phenoxy) is 1. The zero-order valence-electron chi connectivity index (χ0n) is 15.5. The lowest BCUT2D eigenvalue weighted by Crippen LogP contribution is -2.45. The summed E-state index contributed by atoms with van der Waals surface area (Å²) in [6.07, 6.45) is 2.28. The number of rotatable bonds is 8. The molecule has 148 valence electrons. The molecule has 2 aromatic heterocycles. The zero-order chi connectivity index (χ0) is 19.2. The molecule has 0 spiro atoms. The van der Waals surface area contributed by atoms with Gasteiger partial charge in [0.2, 0.25) is 0 Å². The minimum absolute atomic E-state index is 0.182. The minimum atomic E-state index is -2.38. The maximum Gasteiger partial charge on any atom is 0.284 e. The van der Waals surface area contributed by atoms with E-state index in [4.69, 9.17) is 9.15 Å². The van der Waals surface area contributed by atoms with Gasteiger partial charge in [-0.15, -0.1) is 0 Å². The van der Waals surface area contributed by atoms with Crippen molar-refractivity contribution in [3.05, 3.63) is 47.5 Å². The third-order valence-electron chi connectivity index (χ3n) is 4.25. The van der Waals surface area contributed by atoms with E-state index in [2.05, 4.69) is 35.1 Å². The average Bonchev–Trinajstić information content (AvgIpc) is 3.07. The Hall–Kier alpha value is -1.64. The van der Waals surface area contributed by atoms with Crippen LogP contribution in [0.15, 0.2) is 34.9 Å². The Balaban J connectivity index is 1.45. The molecule has 3 rings (SSSR count). The van der Waals surface area contributed by atoms with E-state index in [1.54, 1.807) is 6.07 Å². The Labute approximate surface area is 162 Å². The molecule has 1 fully saturated rings. The van der Waals surface area contributed by atoms with Crippen molar-refractivity contribution in [2.45, 2.75) is 50.7 Å². The van der Waals surface area contributed by atoms with Crippen molar-refractivity contribution in [2.24, 2.45) is 0 Å². The molecule has 0 radical (unpaired) electrons. The van der Waals surface area contributed by atoms with Crippen LogP contribution < -0.4 is 10.2 Å². The van der Waals surface area contributed by atoms with Crippen molar-refractivity contribution in [1.29, 1.82) is 0 Å². The number of alkyl halides is 2. The Morgan fingerprint density at radius 2 is 1.89 bits per heavy atom. The van der Waals surface area contributed by atoms with Crippen LogP contribution in [-0.4, -0.2) is 36.0 Å². The highest BCUT2D eigenvalue weighted by Gasteiger charge is 2.22. The topological polar surface area (TPSA) is 50.5 Å². The van der Waals surface area contributed by atoms with Gasteiger partial charge >= 0.3 is 0 Å². The van der Waals surface area contributed by atoms with E-state index in [1.165, 1.54) is 0 Å². The number of morpholine rings is 1. The van der Waals surface area contributed by atoms with Gasteiger partial charge in [0.25, 0.3) is 5.76 Å². The smallest absolute Gasteiger partial charge is 0.284 e. The third kappa shape index (κ3) is 6.19. The third-order valence-corrected chi connectivity index (χ3v) is 4.95. The summed E-state index contributed by atoms with van der Waals surface area (Å²) in [6.45, 7) is 7.05. The number of aromatic nitrogens is 1. The van der Waals surface area contributed by atoms with Crippen LogP contribution >= 0.6 is 11.8 Å². The van der Waals surface area contributed by atoms with Gasteiger partial charge in [-0.3, -0.25) is 0 Å². The van der Waals surface area contributed by atoms with Gasteiger partial charge in [-0.25, -0.2) is 4.98 Å². The Morgan fingerprint density at radius 3 is 2.56 bits per heavy atom. The number of pyridine rings is 1. The number of hydrogen-bond acceptors (Lipinski definition) is 6. The van der Waals surface area contributed by atoms with E-state index >= 15 is 0 Å². The summed E-state index contributed by atoms with van der Waals surface area (Å²) >= 11 is 0.564. The lowest BCUT2D eigenvalue weighted by molar-refractivity contribution is -0.00546. The molecular formula is C19H25F2N3O2S. The fraction of sp³-hybridized carbons (Fsp3) is 0.526. The highest BCUT2D eigenvalue weighted by Crippen LogP contribution is 2.21. The van der Waals surface area contributed by atoms with Crippen LogP contribution in [-0.2, 0) is 23.6 Å². The molecule has 3 heterocycles. The number of nitrogens with one attached hydrogen (secondary N) is 1. The first-order valence-corrected chi connectivity index (χ1v) is 10.1. The molecule has 0 saturated carbocycles. The van der Waals surface area contributed by atoms with Gasteiger partial charge in [-0.2, -0.15) is 8.78 Å². The predicted octanol–water partition coefficient (Wildman–Crippen LogP) is 4.03. The van der Waals surface area contributed by atoms with E-state index in [1.807, 2.05) is 18.3 Å². The van der Waals surface area contributed by atoms with Crippen LogP contribution in [0.1, 0.15) is 30.9 Å². The molecule has 1 saturated heterocycles. The van der Waals surface area contributed by atoms with E-state index in [-0.39, 0.29) is 18.0 Å². The minimum Gasteiger partial charge on any atom is -0.464 e. The summed E-state index contributed by atoms with van der Waals surface area (Å²) in [5, 5.41) is 3.29. The molecule has 0 aromatic carbocycles. The Morgan fingerprint density at radius 1 is 1.15 bits per heavy atom. The van der Waals surface area contributed by atoms with Crippen molar-refractivity contribution < 1.29 is 17.9 Å². The van der Waals surface area contributed by atoms with E-state index in [9.17, 15) is 8.78 Å². The van der Waals surface area contributed by atoms with Gasteiger partial charge in [0.1, 0.15) is 17.3 Å². The largest absolute Gasteiger partial charge is 0.464 e. The van der Waals surface area contributed by atoms with Gasteiger partial charge in [-0.05, 0) is 37.6 Å². The molecule has 2 aromatic rings. The van der Waals surface area contributed by atoms with Gasteiger partial charge in [0.05, 0.1) is 24.5 Å². The molecule has 2 atom stereocenters. The molecule has 0 aliphatic carbocycles. The molecule has 27 heavy (non-hydrogen) atoms. The maximum absolute atomic E-state index is 12.2. The lowest BCUT2D eigenvalue weighted by atomic mass is 10.2. The van der Waals surface area contributed by atoms with Crippen molar-refractivity contribution in [3.8, 4) is 0 Å². The van der Waals surface area contributed by atoms with E-state index in [0.717, 1.165) is 30.2 Å². The molecular weight excluding hydrogens is 372 g/mol. The summed E-state index contributed by atoms with van der Waals surface area (Å²) in [7, 11) is 0. The van der Waals surface area contributed by atoms with Crippen molar-refractivity contribution in [3.63, 3.8) is 0 Å². The van der Waals surface area contributed by atoms with E-state index < -0.39 is 5.76 Å². The molecule has 0 bridgehead atoms.